The highest BCUT2D eigenvalue weighted by Gasteiger charge is 2.36. The lowest BCUT2D eigenvalue weighted by Crippen LogP contribution is -2.15. The molecule has 1 heterocycles. The maximum atomic E-state index is 12.4. The van der Waals surface area contributed by atoms with Gasteiger partial charge in [-0.3, -0.25) is 4.79 Å². The van der Waals surface area contributed by atoms with Gasteiger partial charge in [0.1, 0.15) is 5.69 Å². The van der Waals surface area contributed by atoms with E-state index < -0.39 is 17.8 Å². The summed E-state index contributed by atoms with van der Waals surface area (Å²) in [6.45, 7) is 0. The van der Waals surface area contributed by atoms with E-state index in [1.807, 2.05) is 0 Å². The molecule has 0 aromatic carbocycles. The van der Waals surface area contributed by atoms with Crippen molar-refractivity contribution >= 4 is 5.78 Å². The van der Waals surface area contributed by atoms with Gasteiger partial charge in [-0.15, -0.1) is 0 Å². The largest absolute Gasteiger partial charge is 0.449 e. The smallest absolute Gasteiger partial charge is 0.383 e. The quantitative estimate of drug-likeness (QED) is 0.602. The van der Waals surface area contributed by atoms with Crippen LogP contribution in [0.3, 0.4) is 0 Å². The number of carbonyl (C=O) groups is 1. The van der Waals surface area contributed by atoms with Gasteiger partial charge in [-0.25, -0.2) is 4.98 Å². The zero-order valence-electron chi connectivity index (χ0n) is 9.62. The van der Waals surface area contributed by atoms with E-state index in [1.165, 1.54) is 12.3 Å². The van der Waals surface area contributed by atoms with Crippen LogP contribution in [0.15, 0.2) is 18.5 Å². The Kier molecular flexibility index (Phi) is 3.59. The minimum Gasteiger partial charge on any atom is -0.383 e. The van der Waals surface area contributed by atoms with Crippen molar-refractivity contribution in [2.45, 2.75) is 6.18 Å². The summed E-state index contributed by atoms with van der Waals surface area (Å²) in [4.78, 5) is 16.4. The fourth-order valence-corrected chi connectivity index (χ4v) is 1.20. The van der Waals surface area contributed by atoms with Crippen molar-refractivity contribution in [1.82, 2.24) is 14.5 Å². The van der Waals surface area contributed by atoms with Crippen LogP contribution in [0.2, 0.25) is 0 Å². The first-order valence-electron chi connectivity index (χ1n) is 4.71. The van der Waals surface area contributed by atoms with Crippen LogP contribution in [-0.2, 0) is 13.2 Å². The minimum atomic E-state index is -4.56. The average molecular weight is 247 g/mol. The summed E-state index contributed by atoms with van der Waals surface area (Å²) in [6, 6.07) is 0. The van der Waals surface area contributed by atoms with Crippen LogP contribution >= 0.6 is 0 Å². The first kappa shape index (κ1) is 13.3. The van der Waals surface area contributed by atoms with Crippen molar-refractivity contribution in [3.8, 4) is 0 Å². The Balaban J connectivity index is 3.02. The zero-order valence-corrected chi connectivity index (χ0v) is 9.62. The summed E-state index contributed by atoms with van der Waals surface area (Å²) in [7, 11) is 4.56. The van der Waals surface area contributed by atoms with Crippen molar-refractivity contribution in [2.24, 2.45) is 7.05 Å². The van der Waals surface area contributed by atoms with E-state index in [1.54, 1.807) is 19.0 Å². The maximum Gasteiger partial charge on any atom is 0.449 e. The van der Waals surface area contributed by atoms with E-state index in [2.05, 4.69) is 4.98 Å². The second kappa shape index (κ2) is 4.60. The van der Waals surface area contributed by atoms with Crippen LogP contribution < -0.4 is 0 Å². The monoisotopic (exact) mass is 247 g/mol. The number of ketones is 1. The number of halogens is 3. The summed E-state index contributed by atoms with van der Waals surface area (Å²) >= 11 is 0. The molecule has 94 valence electrons. The zero-order chi connectivity index (χ0) is 13.2. The predicted octanol–water partition coefficient (Wildman–Crippen LogP) is 1.70. The van der Waals surface area contributed by atoms with E-state index in [0.717, 1.165) is 17.8 Å². The van der Waals surface area contributed by atoms with E-state index >= 15 is 0 Å². The van der Waals surface area contributed by atoms with Crippen molar-refractivity contribution in [3.63, 3.8) is 0 Å². The first-order valence-corrected chi connectivity index (χ1v) is 4.71. The molecule has 17 heavy (non-hydrogen) atoms. The molecule has 0 spiro atoms. The topological polar surface area (TPSA) is 38.1 Å². The van der Waals surface area contributed by atoms with Crippen LogP contribution in [0.5, 0.6) is 0 Å². The number of alkyl halides is 3. The van der Waals surface area contributed by atoms with Gasteiger partial charge in [0, 0.05) is 33.4 Å². The van der Waals surface area contributed by atoms with Crippen molar-refractivity contribution in [1.29, 1.82) is 0 Å². The molecule has 1 aromatic rings. The molecule has 4 nitrogen and oxygen atoms in total. The standard InChI is InChI=1S/C10H12F3N3O/c1-15(2)5-4-8(17)7-6-14-9(16(7)3)10(11,12)13/h4-6H,1-3H3. The highest BCUT2D eigenvalue weighted by Crippen LogP contribution is 2.28. The lowest BCUT2D eigenvalue weighted by molar-refractivity contribution is -0.146. The van der Waals surface area contributed by atoms with Gasteiger partial charge in [0.15, 0.2) is 0 Å². The summed E-state index contributed by atoms with van der Waals surface area (Å²) in [6.07, 6.45) is -0.983. The molecule has 7 heteroatoms. The van der Waals surface area contributed by atoms with Gasteiger partial charge in [0.25, 0.3) is 0 Å². The molecule has 0 N–H and O–H groups in total. The molecule has 0 aliphatic heterocycles. The molecule has 0 saturated heterocycles. The molecular weight excluding hydrogens is 235 g/mol. The molecule has 0 saturated carbocycles. The third-order valence-corrected chi connectivity index (χ3v) is 2.02. The van der Waals surface area contributed by atoms with Crippen LogP contribution in [-0.4, -0.2) is 34.3 Å². The normalized spacial score (nSPS) is 12.1. The lowest BCUT2D eigenvalue weighted by atomic mass is 10.3. The van der Waals surface area contributed by atoms with E-state index in [-0.39, 0.29) is 5.69 Å². The summed E-state index contributed by atoms with van der Waals surface area (Å²) in [5.74, 6) is -1.61. The second-order valence-electron chi connectivity index (χ2n) is 3.67. The van der Waals surface area contributed by atoms with Gasteiger partial charge in [-0.1, -0.05) is 0 Å². The number of carbonyl (C=O) groups excluding carboxylic acids is 1. The van der Waals surface area contributed by atoms with Gasteiger partial charge in [-0.05, 0) is 0 Å². The molecule has 0 unspecified atom stereocenters. The third kappa shape index (κ3) is 3.08. The molecule has 1 rings (SSSR count). The number of allylic oxidation sites excluding steroid dienone is 1. The highest BCUT2D eigenvalue weighted by molar-refractivity contribution is 6.03. The van der Waals surface area contributed by atoms with Crippen molar-refractivity contribution in [3.05, 3.63) is 30.0 Å². The Hall–Kier alpha value is -1.79. The Morgan fingerprint density at radius 3 is 2.47 bits per heavy atom. The predicted molar refractivity (Wildman–Crippen MR) is 55.4 cm³/mol. The molecular formula is C10H12F3N3O. The Labute approximate surface area is 96.4 Å². The SMILES string of the molecule is CN(C)C=CC(=O)c1cnc(C(F)(F)F)n1C. The molecule has 0 bridgehead atoms. The van der Waals surface area contributed by atoms with E-state index in [0.29, 0.717) is 0 Å². The fourth-order valence-electron chi connectivity index (χ4n) is 1.20. The summed E-state index contributed by atoms with van der Waals surface area (Å²) in [5, 5.41) is 0. The highest BCUT2D eigenvalue weighted by atomic mass is 19.4. The molecule has 0 fully saturated rings. The maximum absolute atomic E-state index is 12.4. The fraction of sp³-hybridized carbons (Fsp3) is 0.400. The van der Waals surface area contributed by atoms with Gasteiger partial charge >= 0.3 is 6.18 Å². The number of hydrogen-bond donors (Lipinski definition) is 0. The Bertz CT molecular complexity index is 446. The van der Waals surface area contributed by atoms with Crippen LogP contribution in [0.4, 0.5) is 13.2 Å². The summed E-state index contributed by atoms with van der Waals surface area (Å²) in [5.41, 5.74) is -0.101. The Morgan fingerprint density at radius 2 is 2.06 bits per heavy atom. The first-order chi connectivity index (χ1) is 7.73. The number of nitrogens with zero attached hydrogens (tertiary/aromatic N) is 3. The average Bonchev–Trinajstić information content (AvgIpc) is 2.55. The molecule has 0 amide bonds. The molecule has 0 aliphatic carbocycles. The Morgan fingerprint density at radius 1 is 1.47 bits per heavy atom. The number of rotatable bonds is 3. The molecule has 1 aromatic heterocycles. The molecule has 0 aliphatic rings. The summed E-state index contributed by atoms with van der Waals surface area (Å²) < 4.78 is 38.0. The van der Waals surface area contributed by atoms with Gasteiger partial charge in [0.2, 0.25) is 11.6 Å². The van der Waals surface area contributed by atoms with E-state index in [9.17, 15) is 18.0 Å². The minimum absolute atomic E-state index is 0.101. The van der Waals surface area contributed by atoms with Crippen LogP contribution in [0, 0.1) is 0 Å². The van der Waals surface area contributed by atoms with Crippen LogP contribution in [0.25, 0.3) is 0 Å². The van der Waals surface area contributed by atoms with Crippen molar-refractivity contribution in [2.75, 3.05) is 14.1 Å². The number of aromatic nitrogens is 2. The van der Waals surface area contributed by atoms with Gasteiger partial charge in [0.05, 0.1) is 6.20 Å². The lowest BCUT2D eigenvalue weighted by Gasteiger charge is -2.07. The van der Waals surface area contributed by atoms with Gasteiger partial charge in [-0.2, -0.15) is 13.2 Å². The van der Waals surface area contributed by atoms with E-state index in [4.69, 9.17) is 0 Å². The molecule has 0 radical (unpaired) electrons. The third-order valence-electron chi connectivity index (χ3n) is 2.02. The van der Waals surface area contributed by atoms with Gasteiger partial charge < -0.3 is 9.47 Å². The number of imidazole rings is 1. The van der Waals surface area contributed by atoms with Crippen molar-refractivity contribution < 1.29 is 18.0 Å². The molecule has 0 atom stereocenters. The number of hydrogen-bond acceptors (Lipinski definition) is 3. The van der Waals surface area contributed by atoms with Crippen LogP contribution in [0.1, 0.15) is 16.3 Å². The second-order valence-corrected chi connectivity index (χ2v) is 3.67.